The Labute approximate surface area is 143 Å². The van der Waals surface area contributed by atoms with E-state index in [0.717, 1.165) is 28.2 Å². The van der Waals surface area contributed by atoms with E-state index in [-0.39, 0.29) is 0 Å². The van der Waals surface area contributed by atoms with E-state index in [1.165, 1.54) is 18.4 Å². The zero-order valence-corrected chi connectivity index (χ0v) is 14.4. The third-order valence-electron chi connectivity index (χ3n) is 3.49. The van der Waals surface area contributed by atoms with Crippen LogP contribution >= 0.6 is 22.6 Å². The fourth-order valence-electron chi connectivity index (χ4n) is 2.17. The normalized spacial score (nSPS) is 13.9. The number of rotatable bonds is 7. The molecule has 0 aliphatic heterocycles. The molecule has 0 atom stereocenters. The summed E-state index contributed by atoms with van der Waals surface area (Å²) < 4.78 is 0.956. The van der Waals surface area contributed by atoms with Crippen molar-refractivity contribution in [2.75, 3.05) is 23.7 Å². The molecule has 2 aromatic heterocycles. The number of pyridine rings is 1. The first kappa shape index (κ1) is 15.4. The van der Waals surface area contributed by atoms with Gasteiger partial charge >= 0.3 is 0 Å². The highest BCUT2D eigenvalue weighted by Gasteiger charge is 2.27. The van der Waals surface area contributed by atoms with Gasteiger partial charge in [-0.05, 0) is 66.4 Å². The third-order valence-corrected chi connectivity index (χ3v) is 4.13. The standard InChI is InChI=1S/C15H19IN6/c16-13-5-4-11(8-19-13)21-15-20-9-12(10-2-3-10)14(22-15)18-7-1-6-17/h4-5,8-10H,1-3,6-7,17H2,(H2,18,20,21,22). The highest BCUT2D eigenvalue weighted by molar-refractivity contribution is 14.1. The number of nitrogens with one attached hydrogen (secondary N) is 2. The molecule has 1 aliphatic rings. The van der Waals surface area contributed by atoms with Crippen LogP contribution in [0.5, 0.6) is 0 Å². The molecule has 0 aromatic carbocycles. The van der Waals surface area contributed by atoms with Gasteiger partial charge in [-0.1, -0.05) is 0 Å². The lowest BCUT2D eigenvalue weighted by molar-refractivity contribution is 0.865. The smallest absolute Gasteiger partial charge is 0.229 e. The fourth-order valence-corrected chi connectivity index (χ4v) is 2.49. The second-order valence-electron chi connectivity index (χ2n) is 5.34. The van der Waals surface area contributed by atoms with Crippen LogP contribution in [0.3, 0.4) is 0 Å². The van der Waals surface area contributed by atoms with Gasteiger partial charge in [0.2, 0.25) is 5.95 Å². The van der Waals surface area contributed by atoms with Gasteiger partial charge in [0.15, 0.2) is 0 Å². The first-order chi connectivity index (χ1) is 10.8. The van der Waals surface area contributed by atoms with Crippen molar-refractivity contribution in [3.8, 4) is 0 Å². The highest BCUT2D eigenvalue weighted by atomic mass is 127. The summed E-state index contributed by atoms with van der Waals surface area (Å²) in [5, 5.41) is 6.58. The Hall–Kier alpha value is -1.48. The van der Waals surface area contributed by atoms with Gasteiger partial charge in [0.05, 0.1) is 11.9 Å². The first-order valence-corrected chi connectivity index (χ1v) is 8.53. The first-order valence-electron chi connectivity index (χ1n) is 7.45. The van der Waals surface area contributed by atoms with Crippen molar-refractivity contribution in [3.05, 3.63) is 33.8 Å². The van der Waals surface area contributed by atoms with E-state index in [2.05, 4.69) is 48.2 Å². The molecule has 0 saturated heterocycles. The van der Waals surface area contributed by atoms with Gasteiger partial charge in [0.25, 0.3) is 0 Å². The zero-order valence-electron chi connectivity index (χ0n) is 12.2. The number of aromatic nitrogens is 3. The van der Waals surface area contributed by atoms with Gasteiger partial charge in [0.1, 0.15) is 9.52 Å². The van der Waals surface area contributed by atoms with Crippen molar-refractivity contribution >= 4 is 40.0 Å². The molecule has 4 N–H and O–H groups in total. The molecule has 0 radical (unpaired) electrons. The maximum atomic E-state index is 5.55. The maximum absolute atomic E-state index is 5.55. The Balaban J connectivity index is 1.76. The van der Waals surface area contributed by atoms with Crippen LogP contribution in [0, 0.1) is 3.70 Å². The molecule has 6 nitrogen and oxygen atoms in total. The summed E-state index contributed by atoms with van der Waals surface area (Å²) >= 11 is 2.18. The molecule has 1 fully saturated rings. The number of hydrogen-bond acceptors (Lipinski definition) is 6. The van der Waals surface area contributed by atoms with Crippen LogP contribution in [0.2, 0.25) is 0 Å². The summed E-state index contributed by atoms with van der Waals surface area (Å²) in [4.78, 5) is 13.3. The molecule has 0 bridgehead atoms. The van der Waals surface area contributed by atoms with E-state index in [9.17, 15) is 0 Å². The van der Waals surface area contributed by atoms with E-state index in [4.69, 9.17) is 5.73 Å². The predicted molar refractivity (Wildman–Crippen MR) is 96.4 cm³/mol. The number of anilines is 3. The summed E-state index contributed by atoms with van der Waals surface area (Å²) in [6.45, 7) is 1.51. The Morgan fingerprint density at radius 1 is 1.23 bits per heavy atom. The van der Waals surface area contributed by atoms with Gasteiger partial charge in [0, 0.05) is 18.3 Å². The van der Waals surface area contributed by atoms with Crippen LogP contribution in [0.25, 0.3) is 0 Å². The molecule has 1 aliphatic carbocycles. The average molecular weight is 410 g/mol. The lowest BCUT2D eigenvalue weighted by atomic mass is 10.2. The molecule has 7 heteroatoms. The molecule has 0 amide bonds. The van der Waals surface area contributed by atoms with Crippen LogP contribution in [-0.4, -0.2) is 28.0 Å². The topological polar surface area (TPSA) is 88.8 Å². The van der Waals surface area contributed by atoms with Crippen LogP contribution in [0.4, 0.5) is 17.5 Å². The van der Waals surface area contributed by atoms with Gasteiger partial charge in [-0.15, -0.1) is 0 Å². The second-order valence-corrected chi connectivity index (χ2v) is 6.44. The van der Waals surface area contributed by atoms with E-state index >= 15 is 0 Å². The van der Waals surface area contributed by atoms with E-state index in [1.807, 2.05) is 18.3 Å². The number of hydrogen-bond donors (Lipinski definition) is 3. The lowest BCUT2D eigenvalue weighted by Crippen LogP contribution is -2.12. The zero-order chi connectivity index (χ0) is 15.4. The molecular weight excluding hydrogens is 391 g/mol. The van der Waals surface area contributed by atoms with E-state index in [1.54, 1.807) is 6.20 Å². The third kappa shape index (κ3) is 4.04. The minimum absolute atomic E-state index is 0.586. The minimum Gasteiger partial charge on any atom is -0.370 e. The molecule has 0 spiro atoms. The fraction of sp³-hybridized carbons (Fsp3) is 0.400. The van der Waals surface area contributed by atoms with Crippen LogP contribution in [0.15, 0.2) is 24.5 Å². The van der Waals surface area contributed by atoms with Crippen LogP contribution in [0.1, 0.15) is 30.7 Å². The SMILES string of the molecule is NCCCNc1nc(Nc2ccc(I)nc2)ncc1C1CC1. The summed E-state index contributed by atoms with van der Waals surface area (Å²) in [7, 11) is 0. The van der Waals surface area contributed by atoms with Gasteiger partial charge in [-0.25, -0.2) is 9.97 Å². The number of nitrogens with zero attached hydrogens (tertiary/aromatic N) is 3. The predicted octanol–water partition coefficient (Wildman–Crippen LogP) is 2.86. The van der Waals surface area contributed by atoms with Gasteiger partial charge in [-0.3, -0.25) is 0 Å². The quantitative estimate of drug-likeness (QED) is 0.370. The molecule has 116 valence electrons. The summed E-state index contributed by atoms with van der Waals surface area (Å²) in [6, 6.07) is 3.91. The molecular formula is C15H19IN6. The van der Waals surface area contributed by atoms with Crippen molar-refractivity contribution in [3.63, 3.8) is 0 Å². The summed E-state index contributed by atoms with van der Waals surface area (Å²) in [5.74, 6) is 2.11. The van der Waals surface area contributed by atoms with Crippen molar-refractivity contribution in [2.45, 2.75) is 25.2 Å². The Bertz CT molecular complexity index is 626. The van der Waals surface area contributed by atoms with Gasteiger partial charge < -0.3 is 16.4 Å². The average Bonchev–Trinajstić information content (AvgIpc) is 3.35. The molecule has 1 saturated carbocycles. The van der Waals surface area contributed by atoms with Crippen molar-refractivity contribution < 1.29 is 0 Å². The monoisotopic (exact) mass is 410 g/mol. The molecule has 22 heavy (non-hydrogen) atoms. The van der Waals surface area contributed by atoms with E-state index in [0.29, 0.717) is 18.4 Å². The maximum Gasteiger partial charge on any atom is 0.229 e. The Morgan fingerprint density at radius 2 is 2.09 bits per heavy atom. The Kier molecular flexibility index (Phi) is 5.04. The molecule has 3 rings (SSSR count). The van der Waals surface area contributed by atoms with E-state index < -0.39 is 0 Å². The van der Waals surface area contributed by atoms with Crippen LogP contribution < -0.4 is 16.4 Å². The summed E-state index contributed by atoms with van der Waals surface area (Å²) in [6.07, 6.45) is 7.09. The number of nitrogens with two attached hydrogens (primary N) is 1. The van der Waals surface area contributed by atoms with Crippen molar-refractivity contribution in [1.82, 2.24) is 15.0 Å². The highest BCUT2D eigenvalue weighted by Crippen LogP contribution is 2.42. The lowest BCUT2D eigenvalue weighted by Gasteiger charge is -2.12. The molecule has 2 heterocycles. The van der Waals surface area contributed by atoms with Crippen molar-refractivity contribution in [2.24, 2.45) is 5.73 Å². The number of halogens is 1. The minimum atomic E-state index is 0.586. The molecule has 0 unspecified atom stereocenters. The Morgan fingerprint density at radius 3 is 2.77 bits per heavy atom. The van der Waals surface area contributed by atoms with Crippen molar-refractivity contribution in [1.29, 1.82) is 0 Å². The second kappa shape index (κ2) is 7.19. The summed E-state index contributed by atoms with van der Waals surface area (Å²) in [5.41, 5.74) is 7.65. The largest absolute Gasteiger partial charge is 0.370 e. The van der Waals surface area contributed by atoms with Crippen LogP contribution in [-0.2, 0) is 0 Å². The molecule has 2 aromatic rings. The van der Waals surface area contributed by atoms with Gasteiger partial charge in [-0.2, -0.15) is 4.98 Å².